The molecule has 0 radical (unpaired) electrons. The number of likely N-dealkylation sites (N-methyl/N-ethyl adjacent to an activating group) is 1. The van der Waals surface area contributed by atoms with Crippen LogP contribution in [0.4, 0.5) is 4.79 Å². The van der Waals surface area contributed by atoms with Crippen LogP contribution in [0.3, 0.4) is 0 Å². The zero-order valence-electron chi connectivity index (χ0n) is 17.9. The Hall–Kier alpha value is -3.19. The van der Waals surface area contributed by atoms with Gasteiger partial charge < -0.3 is 5.32 Å². The Morgan fingerprint density at radius 1 is 1.16 bits per heavy atom. The summed E-state index contributed by atoms with van der Waals surface area (Å²) in [6.45, 7) is 1.79. The minimum atomic E-state index is -1.05. The van der Waals surface area contributed by atoms with Crippen molar-refractivity contribution in [2.24, 2.45) is 0 Å². The highest BCUT2D eigenvalue weighted by Gasteiger charge is 2.48. The second kappa shape index (κ2) is 8.51. The van der Waals surface area contributed by atoms with Crippen LogP contribution in [0.5, 0.6) is 0 Å². The number of benzene rings is 2. The van der Waals surface area contributed by atoms with Crippen molar-refractivity contribution < 1.29 is 14.4 Å². The number of amides is 4. The van der Waals surface area contributed by atoms with Crippen LogP contribution >= 0.6 is 0 Å². The van der Waals surface area contributed by atoms with E-state index in [2.05, 4.69) is 22.9 Å². The number of rotatable bonds is 7. The predicted molar refractivity (Wildman–Crippen MR) is 117 cm³/mol. The third kappa shape index (κ3) is 4.32. The predicted octanol–water partition coefficient (Wildman–Crippen LogP) is 2.58. The van der Waals surface area contributed by atoms with Crippen LogP contribution in [-0.4, -0.2) is 46.9 Å². The number of carbonyl (C=O) groups is 3. The number of hydrogen-bond donors (Lipinski definition) is 2. The number of imide groups is 1. The standard InChI is InChI=1S/C24H28N4O3/c1-24(15-14-17-8-4-3-5-9-17)22(30)28(23(31)25-24)26-21(29)16-27(2)20-13-12-18-10-6-7-11-19(18)20/h3-11,20H,12-16H2,1-2H3,(H,25,31)(H,26,29)/t20-,24-/m1/s1. The van der Waals surface area contributed by atoms with Crippen LogP contribution in [0.2, 0.25) is 0 Å². The zero-order chi connectivity index (χ0) is 22.0. The fourth-order valence-electron chi connectivity index (χ4n) is 4.48. The summed E-state index contributed by atoms with van der Waals surface area (Å²) >= 11 is 0. The third-order valence-corrected chi connectivity index (χ3v) is 6.28. The summed E-state index contributed by atoms with van der Waals surface area (Å²) in [5, 5.41) is 3.56. The van der Waals surface area contributed by atoms with Gasteiger partial charge in [-0.25, -0.2) is 4.79 Å². The maximum Gasteiger partial charge on any atom is 0.344 e. The number of fused-ring (bicyclic) bond motifs is 1. The summed E-state index contributed by atoms with van der Waals surface area (Å²) in [5.74, 6) is -0.821. The van der Waals surface area contributed by atoms with Gasteiger partial charge in [0.25, 0.3) is 11.8 Å². The van der Waals surface area contributed by atoms with Crippen LogP contribution < -0.4 is 10.7 Å². The molecule has 2 aromatic rings. The first-order valence-corrected chi connectivity index (χ1v) is 10.7. The maximum absolute atomic E-state index is 12.9. The molecule has 7 nitrogen and oxygen atoms in total. The summed E-state index contributed by atoms with van der Waals surface area (Å²) in [4.78, 5) is 39.9. The normalized spacial score (nSPS) is 22.5. The van der Waals surface area contributed by atoms with Crippen molar-refractivity contribution in [3.05, 3.63) is 71.3 Å². The van der Waals surface area contributed by atoms with Crippen molar-refractivity contribution in [3.63, 3.8) is 0 Å². The molecule has 1 saturated heterocycles. The van der Waals surface area contributed by atoms with E-state index in [1.54, 1.807) is 6.92 Å². The summed E-state index contributed by atoms with van der Waals surface area (Å²) < 4.78 is 0. The van der Waals surface area contributed by atoms with E-state index in [4.69, 9.17) is 0 Å². The zero-order valence-corrected chi connectivity index (χ0v) is 17.9. The molecule has 2 atom stereocenters. The lowest BCUT2D eigenvalue weighted by Gasteiger charge is -2.26. The van der Waals surface area contributed by atoms with E-state index in [-0.39, 0.29) is 18.5 Å². The molecule has 0 bridgehead atoms. The van der Waals surface area contributed by atoms with Crippen LogP contribution in [0.1, 0.15) is 42.5 Å². The molecule has 0 saturated carbocycles. The molecule has 2 aromatic carbocycles. The molecular weight excluding hydrogens is 392 g/mol. The largest absolute Gasteiger partial charge is 0.344 e. The first kappa shape index (κ1) is 21.1. The van der Waals surface area contributed by atoms with Crippen molar-refractivity contribution in [2.75, 3.05) is 13.6 Å². The lowest BCUT2D eigenvalue weighted by molar-refractivity contribution is -0.139. The number of carbonyl (C=O) groups excluding carboxylic acids is 3. The average Bonchev–Trinajstić information content (AvgIpc) is 3.28. The highest BCUT2D eigenvalue weighted by Crippen LogP contribution is 2.34. The van der Waals surface area contributed by atoms with Gasteiger partial charge in [0.05, 0.1) is 6.54 Å². The number of hydrogen-bond acceptors (Lipinski definition) is 4. The number of nitrogens with one attached hydrogen (secondary N) is 2. The molecular formula is C24H28N4O3. The fourth-order valence-corrected chi connectivity index (χ4v) is 4.48. The molecule has 2 N–H and O–H groups in total. The lowest BCUT2D eigenvalue weighted by atomic mass is 9.93. The first-order chi connectivity index (χ1) is 14.9. The van der Waals surface area contributed by atoms with Crippen molar-refractivity contribution >= 4 is 17.8 Å². The van der Waals surface area contributed by atoms with Crippen LogP contribution in [0, 0.1) is 0 Å². The van der Waals surface area contributed by atoms with E-state index < -0.39 is 17.5 Å². The molecule has 0 unspecified atom stereocenters. The van der Waals surface area contributed by atoms with Crippen molar-refractivity contribution in [3.8, 4) is 0 Å². The first-order valence-electron chi connectivity index (χ1n) is 10.7. The Kier molecular flexibility index (Phi) is 5.78. The molecule has 0 spiro atoms. The van der Waals surface area contributed by atoms with E-state index in [1.165, 1.54) is 11.1 Å². The second-order valence-corrected chi connectivity index (χ2v) is 8.59. The Bertz CT molecular complexity index is 993. The Morgan fingerprint density at radius 3 is 2.65 bits per heavy atom. The second-order valence-electron chi connectivity index (χ2n) is 8.59. The molecule has 1 aliphatic carbocycles. The van der Waals surface area contributed by atoms with Gasteiger partial charge in [-0.15, -0.1) is 0 Å². The van der Waals surface area contributed by atoms with Crippen LogP contribution in [-0.2, 0) is 22.4 Å². The molecule has 2 aliphatic rings. The fraction of sp³-hybridized carbons (Fsp3) is 0.375. The van der Waals surface area contributed by atoms with Gasteiger partial charge in [0, 0.05) is 6.04 Å². The average molecular weight is 421 g/mol. The monoisotopic (exact) mass is 420 g/mol. The van der Waals surface area contributed by atoms with Gasteiger partial charge in [-0.2, -0.15) is 5.01 Å². The van der Waals surface area contributed by atoms with Gasteiger partial charge >= 0.3 is 6.03 Å². The molecule has 4 amide bonds. The van der Waals surface area contributed by atoms with Gasteiger partial charge in [-0.05, 0) is 56.3 Å². The highest BCUT2D eigenvalue weighted by molar-refractivity contribution is 6.07. The number of aryl methyl sites for hydroxylation is 2. The Labute approximate surface area is 182 Å². The van der Waals surface area contributed by atoms with E-state index in [0.29, 0.717) is 12.8 Å². The van der Waals surface area contributed by atoms with Gasteiger partial charge in [0.2, 0.25) is 0 Å². The number of hydrazine groups is 1. The van der Waals surface area contributed by atoms with E-state index >= 15 is 0 Å². The smallest absolute Gasteiger partial charge is 0.322 e. The minimum absolute atomic E-state index is 0.0940. The molecule has 1 aliphatic heterocycles. The van der Waals surface area contributed by atoms with Gasteiger partial charge in [0.15, 0.2) is 0 Å². The maximum atomic E-state index is 12.9. The molecule has 0 aromatic heterocycles. The molecule has 162 valence electrons. The van der Waals surface area contributed by atoms with Crippen LogP contribution in [0.15, 0.2) is 54.6 Å². The van der Waals surface area contributed by atoms with Crippen molar-refractivity contribution in [2.45, 2.75) is 44.2 Å². The minimum Gasteiger partial charge on any atom is -0.322 e. The molecule has 7 heteroatoms. The van der Waals surface area contributed by atoms with E-state index in [9.17, 15) is 14.4 Å². The summed E-state index contributed by atoms with van der Waals surface area (Å²) in [6.07, 6.45) is 3.03. The van der Waals surface area contributed by atoms with Crippen molar-refractivity contribution in [1.82, 2.24) is 20.7 Å². The summed E-state index contributed by atoms with van der Waals surface area (Å²) in [6, 6.07) is 17.6. The SMILES string of the molecule is CN(CC(=O)NN1C(=O)N[C@](C)(CCc2ccccc2)C1=O)[C@@H]1CCc2ccccc21. The molecule has 1 heterocycles. The third-order valence-electron chi connectivity index (χ3n) is 6.28. The molecule has 4 rings (SSSR count). The Morgan fingerprint density at radius 2 is 1.87 bits per heavy atom. The van der Waals surface area contributed by atoms with E-state index in [1.807, 2.05) is 54.4 Å². The summed E-state index contributed by atoms with van der Waals surface area (Å²) in [5.41, 5.74) is 5.09. The quantitative estimate of drug-likeness (QED) is 0.675. The lowest BCUT2D eigenvalue weighted by Crippen LogP contribution is -2.51. The summed E-state index contributed by atoms with van der Waals surface area (Å²) in [7, 11) is 1.89. The topological polar surface area (TPSA) is 81.8 Å². The van der Waals surface area contributed by atoms with E-state index in [0.717, 1.165) is 23.4 Å². The number of nitrogens with zero attached hydrogens (tertiary/aromatic N) is 2. The van der Waals surface area contributed by atoms with Gasteiger partial charge in [-0.1, -0.05) is 54.6 Å². The van der Waals surface area contributed by atoms with Crippen LogP contribution in [0.25, 0.3) is 0 Å². The Balaban J connectivity index is 1.35. The highest BCUT2D eigenvalue weighted by atomic mass is 16.2. The van der Waals surface area contributed by atoms with Crippen molar-refractivity contribution in [1.29, 1.82) is 0 Å². The molecule has 1 fully saturated rings. The molecule has 31 heavy (non-hydrogen) atoms. The van der Waals surface area contributed by atoms with Gasteiger partial charge in [-0.3, -0.25) is 19.9 Å². The van der Waals surface area contributed by atoms with Gasteiger partial charge in [0.1, 0.15) is 5.54 Å². The number of urea groups is 1.